The Balaban J connectivity index is 1.63. The molecular formula is C25H33FN4O5. The van der Waals surface area contributed by atoms with Crippen molar-refractivity contribution in [3.8, 4) is 17.0 Å². The van der Waals surface area contributed by atoms with Crippen molar-refractivity contribution in [3.05, 3.63) is 35.6 Å². The summed E-state index contributed by atoms with van der Waals surface area (Å²) >= 11 is 0. The van der Waals surface area contributed by atoms with E-state index in [0.29, 0.717) is 63.3 Å². The van der Waals surface area contributed by atoms with Gasteiger partial charge in [-0.25, -0.2) is 9.18 Å². The van der Waals surface area contributed by atoms with Crippen molar-refractivity contribution in [2.75, 3.05) is 69.4 Å². The highest BCUT2D eigenvalue weighted by atomic mass is 19.1. The Bertz CT molecular complexity index is 1030. The van der Waals surface area contributed by atoms with Crippen LogP contribution in [0.1, 0.15) is 18.9 Å². The molecule has 1 aromatic carbocycles. The fraction of sp³-hybridized carbons (Fsp3) is 0.520. The molecule has 35 heavy (non-hydrogen) atoms. The molecule has 190 valence electrons. The Morgan fingerprint density at radius 2 is 2.03 bits per heavy atom. The molecule has 10 heteroatoms. The molecule has 2 fully saturated rings. The SMILES string of the molecule is CCC1CN(C(=O)Nc2cc(-c3cc(OCCO)nc(N4CCOCC4)c3)c(C)cc2F)CCO1. The van der Waals surface area contributed by atoms with Crippen LogP contribution in [-0.4, -0.2) is 86.3 Å². The number of anilines is 2. The third-order valence-corrected chi connectivity index (χ3v) is 6.21. The summed E-state index contributed by atoms with van der Waals surface area (Å²) in [7, 11) is 0. The van der Waals surface area contributed by atoms with E-state index in [1.54, 1.807) is 17.0 Å². The molecule has 2 aliphatic heterocycles. The highest BCUT2D eigenvalue weighted by Crippen LogP contribution is 2.33. The number of amides is 2. The zero-order valence-corrected chi connectivity index (χ0v) is 20.3. The molecule has 3 heterocycles. The maximum atomic E-state index is 14.9. The van der Waals surface area contributed by atoms with Crippen LogP contribution in [0.4, 0.5) is 20.7 Å². The van der Waals surface area contributed by atoms with E-state index in [4.69, 9.17) is 14.2 Å². The Labute approximate surface area is 204 Å². The lowest BCUT2D eigenvalue weighted by Gasteiger charge is -2.32. The summed E-state index contributed by atoms with van der Waals surface area (Å²) in [5.41, 5.74) is 2.35. The summed E-state index contributed by atoms with van der Waals surface area (Å²) in [4.78, 5) is 21.2. The summed E-state index contributed by atoms with van der Waals surface area (Å²) in [5, 5.41) is 11.9. The minimum Gasteiger partial charge on any atom is -0.475 e. The van der Waals surface area contributed by atoms with E-state index in [1.165, 1.54) is 6.07 Å². The summed E-state index contributed by atoms with van der Waals surface area (Å²) in [6.07, 6.45) is 0.793. The van der Waals surface area contributed by atoms with Gasteiger partial charge in [-0.05, 0) is 48.2 Å². The first-order valence-corrected chi connectivity index (χ1v) is 12.0. The van der Waals surface area contributed by atoms with Crippen LogP contribution in [-0.2, 0) is 9.47 Å². The molecule has 0 bridgehead atoms. The van der Waals surface area contributed by atoms with Gasteiger partial charge in [-0.2, -0.15) is 4.98 Å². The first-order valence-electron chi connectivity index (χ1n) is 12.0. The van der Waals surface area contributed by atoms with E-state index >= 15 is 0 Å². The van der Waals surface area contributed by atoms with E-state index in [2.05, 4.69) is 15.2 Å². The number of urea groups is 1. The molecule has 2 aromatic rings. The lowest BCUT2D eigenvalue weighted by Crippen LogP contribution is -2.47. The van der Waals surface area contributed by atoms with E-state index in [1.807, 2.05) is 19.9 Å². The average Bonchev–Trinajstić information content (AvgIpc) is 2.89. The summed E-state index contributed by atoms with van der Waals surface area (Å²) in [5.74, 6) is 0.581. The number of aliphatic hydroxyl groups is 1. The number of carbonyl (C=O) groups excluding carboxylic acids is 1. The molecule has 0 spiro atoms. The number of halogens is 1. The number of hydrogen-bond donors (Lipinski definition) is 2. The zero-order valence-electron chi connectivity index (χ0n) is 20.3. The van der Waals surface area contributed by atoms with Gasteiger partial charge in [-0.1, -0.05) is 6.92 Å². The predicted octanol–water partition coefficient (Wildman–Crippen LogP) is 3.05. The minimum absolute atomic E-state index is 0.0132. The van der Waals surface area contributed by atoms with Gasteiger partial charge < -0.3 is 34.4 Å². The van der Waals surface area contributed by atoms with Gasteiger partial charge in [0.25, 0.3) is 0 Å². The molecule has 4 rings (SSSR count). The molecule has 1 unspecified atom stereocenters. The number of aliphatic hydroxyl groups excluding tert-OH is 1. The lowest BCUT2D eigenvalue weighted by molar-refractivity contribution is -0.0134. The molecule has 1 atom stereocenters. The van der Waals surface area contributed by atoms with Crippen LogP contribution in [0.5, 0.6) is 5.88 Å². The Hall–Kier alpha value is -2.95. The third-order valence-electron chi connectivity index (χ3n) is 6.21. The first kappa shape index (κ1) is 25.2. The number of nitrogens with zero attached hydrogens (tertiary/aromatic N) is 3. The van der Waals surface area contributed by atoms with E-state index in [-0.39, 0.29) is 31.0 Å². The minimum atomic E-state index is -0.501. The number of rotatable bonds is 7. The van der Waals surface area contributed by atoms with Crippen molar-refractivity contribution in [1.29, 1.82) is 0 Å². The van der Waals surface area contributed by atoms with E-state index in [0.717, 1.165) is 17.5 Å². The van der Waals surface area contributed by atoms with Gasteiger partial charge in [-0.15, -0.1) is 0 Å². The Morgan fingerprint density at radius 3 is 2.77 bits per heavy atom. The third kappa shape index (κ3) is 6.19. The van der Waals surface area contributed by atoms with Gasteiger partial charge in [0, 0.05) is 32.2 Å². The second kappa shape index (κ2) is 11.7. The number of hydrogen-bond acceptors (Lipinski definition) is 7. The number of nitrogens with one attached hydrogen (secondary N) is 1. The molecule has 0 aliphatic carbocycles. The standard InChI is InChI=1S/C25H33FN4O5/c1-3-19-16-30(6-10-34-19)25(32)27-22-15-20(17(2)12-21(22)26)18-13-23(29-4-8-33-9-5-29)28-24(14-18)35-11-7-31/h12-15,19,31H,3-11,16H2,1-2H3,(H,27,32). The van der Waals surface area contributed by atoms with Crippen LogP contribution >= 0.6 is 0 Å². The zero-order chi connectivity index (χ0) is 24.8. The largest absolute Gasteiger partial charge is 0.475 e. The van der Waals surface area contributed by atoms with Gasteiger partial charge in [0.05, 0.1) is 38.2 Å². The maximum absolute atomic E-state index is 14.9. The number of carbonyl (C=O) groups is 1. The number of benzene rings is 1. The molecule has 2 aliphatic rings. The summed E-state index contributed by atoms with van der Waals surface area (Å²) < 4.78 is 31.6. The molecular weight excluding hydrogens is 455 g/mol. The van der Waals surface area contributed by atoms with Gasteiger partial charge in [-0.3, -0.25) is 0 Å². The molecule has 2 amide bonds. The molecule has 9 nitrogen and oxygen atoms in total. The quantitative estimate of drug-likeness (QED) is 0.618. The van der Waals surface area contributed by atoms with Gasteiger partial charge in [0.2, 0.25) is 5.88 Å². The first-order chi connectivity index (χ1) is 17.0. The van der Waals surface area contributed by atoms with Crippen molar-refractivity contribution in [3.63, 3.8) is 0 Å². The molecule has 1 aromatic heterocycles. The van der Waals surface area contributed by atoms with Crippen molar-refractivity contribution < 1.29 is 28.5 Å². The number of aromatic nitrogens is 1. The number of pyridine rings is 1. The highest BCUT2D eigenvalue weighted by molar-refractivity contribution is 5.91. The lowest BCUT2D eigenvalue weighted by atomic mass is 10.00. The molecule has 2 saturated heterocycles. The van der Waals surface area contributed by atoms with Crippen LogP contribution in [0.25, 0.3) is 11.1 Å². The monoisotopic (exact) mass is 488 g/mol. The predicted molar refractivity (Wildman–Crippen MR) is 131 cm³/mol. The average molecular weight is 489 g/mol. The second-order valence-electron chi connectivity index (χ2n) is 8.65. The van der Waals surface area contributed by atoms with Gasteiger partial charge >= 0.3 is 6.03 Å². The highest BCUT2D eigenvalue weighted by Gasteiger charge is 2.24. The van der Waals surface area contributed by atoms with E-state index in [9.17, 15) is 14.3 Å². The fourth-order valence-corrected chi connectivity index (χ4v) is 4.25. The van der Waals surface area contributed by atoms with Crippen molar-refractivity contribution in [1.82, 2.24) is 9.88 Å². The Kier molecular flexibility index (Phi) is 8.37. The number of ether oxygens (including phenoxy) is 3. The van der Waals surface area contributed by atoms with Crippen molar-refractivity contribution in [2.24, 2.45) is 0 Å². The van der Waals surface area contributed by atoms with Gasteiger partial charge in [0.15, 0.2) is 0 Å². The van der Waals surface area contributed by atoms with Crippen molar-refractivity contribution in [2.45, 2.75) is 26.4 Å². The number of aryl methyl sites for hydroxylation is 1. The molecule has 2 N–H and O–H groups in total. The van der Waals surface area contributed by atoms with Crippen LogP contribution in [0.15, 0.2) is 24.3 Å². The second-order valence-corrected chi connectivity index (χ2v) is 8.65. The maximum Gasteiger partial charge on any atom is 0.322 e. The number of morpholine rings is 2. The van der Waals surface area contributed by atoms with Crippen molar-refractivity contribution >= 4 is 17.5 Å². The van der Waals surface area contributed by atoms with Gasteiger partial charge in [0.1, 0.15) is 18.2 Å². The topological polar surface area (TPSA) is 96.4 Å². The summed E-state index contributed by atoms with van der Waals surface area (Å²) in [6, 6.07) is 6.41. The summed E-state index contributed by atoms with van der Waals surface area (Å²) in [6.45, 7) is 7.80. The van der Waals surface area contributed by atoms with Crippen LogP contribution in [0, 0.1) is 12.7 Å². The molecule has 0 radical (unpaired) electrons. The van der Waals surface area contributed by atoms with Crippen LogP contribution < -0.4 is 15.0 Å². The van der Waals surface area contributed by atoms with Crippen LogP contribution in [0.3, 0.4) is 0 Å². The Morgan fingerprint density at radius 1 is 1.23 bits per heavy atom. The van der Waals surface area contributed by atoms with Crippen LogP contribution in [0.2, 0.25) is 0 Å². The normalized spacial score (nSPS) is 18.5. The smallest absolute Gasteiger partial charge is 0.322 e. The van der Waals surface area contributed by atoms with E-state index < -0.39 is 5.82 Å². The fourth-order valence-electron chi connectivity index (χ4n) is 4.25. The molecule has 0 saturated carbocycles.